The molecule has 0 aromatic rings. The number of rotatable bonds is 4. The number of carboxylic acid groups (broad SMARTS) is 1. The Balaban J connectivity index is 0. The Bertz CT molecular complexity index is 102. The number of aliphatic carboxylic acids is 1. The molecule has 0 heterocycles. The van der Waals surface area contributed by atoms with Gasteiger partial charge in [0.05, 0.1) is 0 Å². The summed E-state index contributed by atoms with van der Waals surface area (Å²) in [5.74, 6) is -0.1000. The molecule has 0 saturated heterocycles. The van der Waals surface area contributed by atoms with Crippen molar-refractivity contribution in [3.63, 3.8) is 0 Å². The summed E-state index contributed by atoms with van der Waals surface area (Å²) in [6.45, 7) is 0. The van der Waals surface area contributed by atoms with E-state index in [4.69, 9.17) is 10.8 Å². The van der Waals surface area contributed by atoms with Crippen LogP contribution in [0.25, 0.3) is 0 Å². The molecule has 10 heavy (non-hydrogen) atoms. The molecule has 0 aliphatic heterocycles. The maximum Gasteiger partial charge on any atom is 1.00 e. The normalized spacial score (nSPS) is 11.8. The Morgan fingerprint density at radius 3 is 2.60 bits per heavy atom. The van der Waals surface area contributed by atoms with Crippen LogP contribution in [0.1, 0.15) is 6.42 Å². The number of hydrogen-bond acceptors (Lipinski definition) is 3. The topological polar surface area (TPSA) is 63.3 Å². The van der Waals surface area contributed by atoms with Gasteiger partial charge in [0.25, 0.3) is 0 Å². The third-order valence-electron chi connectivity index (χ3n) is 0.950. The van der Waals surface area contributed by atoms with E-state index in [1.165, 1.54) is 0 Å². The van der Waals surface area contributed by atoms with Gasteiger partial charge >= 0.3 is 35.5 Å². The standard InChI is InChI=1S/C5H11NO2S.Na/c1-9-3-2-4(6)5(7)8;/h4H,2-3,6H2,1H3,(H,7,8);/q;+1. The van der Waals surface area contributed by atoms with E-state index >= 15 is 0 Å². The molecule has 54 valence electrons. The molecule has 0 aromatic heterocycles. The zero-order valence-electron chi connectivity index (χ0n) is 6.33. The fourth-order valence-electron chi connectivity index (χ4n) is 0.368. The van der Waals surface area contributed by atoms with Crippen molar-refractivity contribution >= 4 is 17.7 Å². The Kier molecular flexibility index (Phi) is 10.5. The van der Waals surface area contributed by atoms with Crippen molar-refractivity contribution < 1.29 is 39.5 Å². The minimum Gasteiger partial charge on any atom is -0.480 e. The maximum absolute atomic E-state index is 10.1. The minimum atomic E-state index is -0.913. The third-order valence-corrected chi connectivity index (χ3v) is 1.59. The summed E-state index contributed by atoms with van der Waals surface area (Å²) < 4.78 is 0. The van der Waals surface area contributed by atoms with Crippen LogP contribution in [0.5, 0.6) is 0 Å². The first-order valence-corrected chi connectivity index (χ1v) is 4.05. The van der Waals surface area contributed by atoms with Crippen LogP contribution in [0.3, 0.4) is 0 Å². The smallest absolute Gasteiger partial charge is 0.480 e. The molecule has 0 spiro atoms. The van der Waals surface area contributed by atoms with Crippen LogP contribution < -0.4 is 35.3 Å². The van der Waals surface area contributed by atoms with E-state index in [0.717, 1.165) is 5.75 Å². The van der Waals surface area contributed by atoms with E-state index in [-0.39, 0.29) is 29.6 Å². The van der Waals surface area contributed by atoms with Gasteiger partial charge in [0.15, 0.2) is 0 Å². The van der Waals surface area contributed by atoms with Gasteiger partial charge in [0.1, 0.15) is 6.04 Å². The zero-order chi connectivity index (χ0) is 7.28. The van der Waals surface area contributed by atoms with Gasteiger partial charge in [0, 0.05) is 0 Å². The summed E-state index contributed by atoms with van der Waals surface area (Å²) >= 11 is 1.60. The average molecular weight is 172 g/mol. The molecule has 0 amide bonds. The van der Waals surface area contributed by atoms with Crippen molar-refractivity contribution in [3.05, 3.63) is 0 Å². The molecule has 0 aromatic carbocycles. The summed E-state index contributed by atoms with van der Waals surface area (Å²) in [6.07, 6.45) is 2.48. The Morgan fingerprint density at radius 2 is 2.30 bits per heavy atom. The van der Waals surface area contributed by atoms with Gasteiger partial charge in [0.2, 0.25) is 0 Å². The predicted octanol–water partition coefficient (Wildman–Crippen LogP) is -2.84. The Labute approximate surface area is 87.0 Å². The Hall–Kier alpha value is 0.780. The molecule has 3 nitrogen and oxygen atoms in total. The summed E-state index contributed by atoms with van der Waals surface area (Å²) in [4.78, 5) is 10.1. The summed E-state index contributed by atoms with van der Waals surface area (Å²) in [5.41, 5.74) is 5.19. The number of carbonyl (C=O) groups is 1. The van der Waals surface area contributed by atoms with E-state index in [9.17, 15) is 4.79 Å². The van der Waals surface area contributed by atoms with Crippen molar-refractivity contribution in [1.29, 1.82) is 0 Å². The van der Waals surface area contributed by atoms with Crippen molar-refractivity contribution in [1.82, 2.24) is 0 Å². The van der Waals surface area contributed by atoms with Gasteiger partial charge in [-0.1, -0.05) is 0 Å². The van der Waals surface area contributed by atoms with Crippen molar-refractivity contribution in [2.75, 3.05) is 12.0 Å². The van der Waals surface area contributed by atoms with Gasteiger partial charge in [-0.15, -0.1) is 0 Å². The molecule has 0 bridgehead atoms. The summed E-state index contributed by atoms with van der Waals surface area (Å²) in [7, 11) is 0. The molecule has 1 atom stereocenters. The molecule has 0 aliphatic rings. The second-order valence-corrected chi connectivity index (χ2v) is 2.71. The fraction of sp³-hybridized carbons (Fsp3) is 0.800. The summed E-state index contributed by atoms with van der Waals surface area (Å²) in [5, 5.41) is 8.27. The third kappa shape index (κ3) is 6.89. The number of carboxylic acids is 1. The molecule has 0 radical (unpaired) electrons. The molecule has 0 fully saturated rings. The molecule has 0 rings (SSSR count). The molecular formula is C5H11NNaO2S+. The van der Waals surface area contributed by atoms with Gasteiger partial charge in [-0.2, -0.15) is 11.8 Å². The van der Waals surface area contributed by atoms with Crippen LogP contribution in [0.15, 0.2) is 0 Å². The second kappa shape index (κ2) is 7.88. The van der Waals surface area contributed by atoms with Crippen LogP contribution in [0, 0.1) is 0 Å². The quantitative estimate of drug-likeness (QED) is 0.448. The molecule has 5 heteroatoms. The monoisotopic (exact) mass is 172 g/mol. The Morgan fingerprint density at radius 1 is 1.80 bits per heavy atom. The minimum absolute atomic E-state index is 0. The van der Waals surface area contributed by atoms with Crippen molar-refractivity contribution in [3.8, 4) is 0 Å². The zero-order valence-corrected chi connectivity index (χ0v) is 9.15. The van der Waals surface area contributed by atoms with Crippen LogP contribution >= 0.6 is 11.8 Å². The molecular weight excluding hydrogens is 161 g/mol. The van der Waals surface area contributed by atoms with E-state index in [1.54, 1.807) is 11.8 Å². The maximum atomic E-state index is 10.1. The number of thioether (sulfide) groups is 1. The first-order chi connectivity index (χ1) is 4.18. The van der Waals surface area contributed by atoms with Gasteiger partial charge in [-0.05, 0) is 18.4 Å². The van der Waals surface area contributed by atoms with Crippen LogP contribution in [-0.4, -0.2) is 29.1 Å². The van der Waals surface area contributed by atoms with E-state index in [1.807, 2.05) is 6.26 Å². The first-order valence-electron chi connectivity index (χ1n) is 2.65. The van der Waals surface area contributed by atoms with E-state index in [2.05, 4.69) is 0 Å². The largest absolute Gasteiger partial charge is 1.00 e. The van der Waals surface area contributed by atoms with Crippen LogP contribution in [-0.2, 0) is 4.79 Å². The SMILES string of the molecule is CSCCC(N)C(=O)O.[Na+]. The molecule has 0 saturated carbocycles. The van der Waals surface area contributed by atoms with Gasteiger partial charge in [-0.25, -0.2) is 0 Å². The number of hydrogen-bond donors (Lipinski definition) is 2. The van der Waals surface area contributed by atoms with E-state index < -0.39 is 12.0 Å². The average Bonchev–Trinajstić information content (AvgIpc) is 1.82. The number of nitrogens with two attached hydrogens (primary N) is 1. The van der Waals surface area contributed by atoms with Gasteiger partial charge < -0.3 is 10.8 Å². The fourth-order valence-corrected chi connectivity index (χ4v) is 0.858. The first kappa shape index (κ1) is 13.4. The van der Waals surface area contributed by atoms with Gasteiger partial charge in [-0.3, -0.25) is 4.79 Å². The summed E-state index contributed by atoms with van der Waals surface area (Å²) in [6, 6.07) is -0.683. The molecule has 0 aliphatic carbocycles. The molecule has 1 unspecified atom stereocenters. The molecule has 3 N–H and O–H groups in total. The second-order valence-electron chi connectivity index (χ2n) is 1.73. The van der Waals surface area contributed by atoms with Crippen molar-refractivity contribution in [2.45, 2.75) is 12.5 Å². The van der Waals surface area contributed by atoms with Crippen LogP contribution in [0.2, 0.25) is 0 Å². The van der Waals surface area contributed by atoms with Crippen molar-refractivity contribution in [2.24, 2.45) is 5.73 Å². The van der Waals surface area contributed by atoms with Crippen LogP contribution in [0.4, 0.5) is 0 Å². The predicted molar refractivity (Wildman–Crippen MR) is 38.6 cm³/mol. The van der Waals surface area contributed by atoms with E-state index in [0.29, 0.717) is 6.42 Å².